The lowest BCUT2D eigenvalue weighted by atomic mass is 10.0. The second-order valence-electron chi connectivity index (χ2n) is 3.66. The number of fused-ring (bicyclic) bond motifs is 1. The maximum atomic E-state index is 10.2. The van der Waals surface area contributed by atoms with Gasteiger partial charge in [-0.25, -0.2) is 0 Å². The van der Waals surface area contributed by atoms with Gasteiger partial charge in [0.2, 0.25) is 0 Å². The van der Waals surface area contributed by atoms with E-state index >= 15 is 0 Å². The zero-order valence-corrected chi connectivity index (χ0v) is 9.28. The molecule has 0 bridgehead atoms. The van der Waals surface area contributed by atoms with Gasteiger partial charge in [-0.2, -0.15) is 0 Å². The lowest BCUT2D eigenvalue weighted by Crippen LogP contribution is -2.00. The van der Waals surface area contributed by atoms with Gasteiger partial charge in [0.25, 0.3) is 0 Å². The van der Waals surface area contributed by atoms with Crippen LogP contribution in [0.5, 0.6) is 5.75 Å². The molecule has 0 saturated heterocycles. The molecule has 0 aliphatic carbocycles. The van der Waals surface area contributed by atoms with E-state index in [0.29, 0.717) is 6.61 Å². The summed E-state index contributed by atoms with van der Waals surface area (Å²) in [6.45, 7) is 0.694. The number of hydrogen-bond donors (Lipinski definition) is 1. The number of para-hydroxylation sites is 1. The first-order valence-corrected chi connectivity index (χ1v) is 5.83. The molecule has 1 aromatic carbocycles. The van der Waals surface area contributed by atoms with Gasteiger partial charge in [0.1, 0.15) is 11.9 Å². The van der Waals surface area contributed by atoms with Crippen LogP contribution in [0.15, 0.2) is 24.4 Å². The van der Waals surface area contributed by atoms with Crippen molar-refractivity contribution < 1.29 is 9.84 Å². The average Bonchev–Trinajstić information content (AvgIpc) is 2.98. The van der Waals surface area contributed by atoms with E-state index < -0.39 is 6.10 Å². The molecule has 0 fully saturated rings. The number of ether oxygens (including phenoxy) is 1. The Balaban J connectivity index is 2.04. The normalized spacial score (nSPS) is 15.6. The van der Waals surface area contributed by atoms with Crippen molar-refractivity contribution in [2.24, 2.45) is 0 Å². The summed E-state index contributed by atoms with van der Waals surface area (Å²) in [5.74, 6) is 0.823. The zero-order chi connectivity index (χ0) is 11.0. The number of rotatable bonds is 2. The number of aliphatic hydroxyl groups is 1. The van der Waals surface area contributed by atoms with E-state index in [4.69, 9.17) is 4.74 Å². The van der Waals surface area contributed by atoms with Crippen LogP contribution in [0, 0.1) is 0 Å². The van der Waals surface area contributed by atoms with E-state index in [1.165, 1.54) is 11.5 Å². The second kappa shape index (κ2) is 3.84. The molecule has 0 amide bonds. The van der Waals surface area contributed by atoms with Crippen molar-refractivity contribution in [3.05, 3.63) is 40.4 Å². The Morgan fingerprint density at radius 3 is 3.19 bits per heavy atom. The van der Waals surface area contributed by atoms with Crippen molar-refractivity contribution in [2.45, 2.75) is 12.5 Å². The van der Waals surface area contributed by atoms with Crippen LogP contribution in [-0.4, -0.2) is 21.3 Å². The van der Waals surface area contributed by atoms with Crippen molar-refractivity contribution >= 4 is 11.5 Å². The highest BCUT2D eigenvalue weighted by Gasteiger charge is 2.22. The summed E-state index contributed by atoms with van der Waals surface area (Å²) in [6.07, 6.45) is 1.81. The maximum Gasteiger partial charge on any atom is 0.128 e. The van der Waals surface area contributed by atoms with Gasteiger partial charge < -0.3 is 9.84 Å². The highest BCUT2D eigenvalue weighted by molar-refractivity contribution is 7.05. The molecule has 2 heterocycles. The van der Waals surface area contributed by atoms with Crippen LogP contribution in [0.3, 0.4) is 0 Å². The third kappa shape index (κ3) is 1.48. The van der Waals surface area contributed by atoms with Crippen LogP contribution in [0.4, 0.5) is 0 Å². The number of aromatic nitrogens is 2. The summed E-state index contributed by atoms with van der Waals surface area (Å²) < 4.78 is 9.31. The van der Waals surface area contributed by atoms with Gasteiger partial charge in [0.15, 0.2) is 0 Å². The molecule has 1 aromatic heterocycles. The Kier molecular flexibility index (Phi) is 2.34. The van der Waals surface area contributed by atoms with E-state index in [0.717, 1.165) is 28.2 Å². The lowest BCUT2D eigenvalue weighted by Gasteiger charge is -2.12. The lowest BCUT2D eigenvalue weighted by molar-refractivity contribution is 0.217. The molecule has 1 atom stereocenters. The molecular weight excluding hydrogens is 224 g/mol. The Morgan fingerprint density at radius 1 is 1.44 bits per heavy atom. The zero-order valence-electron chi connectivity index (χ0n) is 8.46. The number of hydrogen-bond acceptors (Lipinski definition) is 5. The highest BCUT2D eigenvalue weighted by atomic mass is 32.1. The van der Waals surface area contributed by atoms with E-state index in [9.17, 15) is 5.11 Å². The molecule has 16 heavy (non-hydrogen) atoms. The van der Waals surface area contributed by atoms with Gasteiger partial charge in [-0.15, -0.1) is 5.10 Å². The fraction of sp³-hybridized carbons (Fsp3) is 0.273. The summed E-state index contributed by atoms with van der Waals surface area (Å²) in [4.78, 5) is 0.740. The molecule has 1 aliphatic rings. The molecule has 3 rings (SSSR count). The molecule has 1 unspecified atom stereocenters. The number of benzene rings is 1. The minimum absolute atomic E-state index is 0.687. The van der Waals surface area contributed by atoms with Gasteiger partial charge in [-0.3, -0.25) is 0 Å². The van der Waals surface area contributed by atoms with Crippen molar-refractivity contribution in [2.75, 3.05) is 6.61 Å². The van der Waals surface area contributed by atoms with Crippen LogP contribution >= 0.6 is 11.5 Å². The average molecular weight is 234 g/mol. The third-order valence-corrected chi connectivity index (χ3v) is 3.40. The van der Waals surface area contributed by atoms with Gasteiger partial charge in [0.05, 0.1) is 17.7 Å². The van der Waals surface area contributed by atoms with Gasteiger partial charge in [-0.1, -0.05) is 22.7 Å². The molecule has 2 aromatic rings. The van der Waals surface area contributed by atoms with E-state index in [2.05, 4.69) is 9.59 Å². The standard InChI is InChI=1S/C11H10N2O2S/c14-10(9-6-12-13-16-9)8-3-1-2-7-4-5-15-11(7)8/h1-3,6,10,14H,4-5H2. The Morgan fingerprint density at radius 2 is 2.38 bits per heavy atom. The monoisotopic (exact) mass is 234 g/mol. The topological polar surface area (TPSA) is 55.2 Å². The Hall–Kier alpha value is -1.46. The molecule has 5 heteroatoms. The van der Waals surface area contributed by atoms with Gasteiger partial charge >= 0.3 is 0 Å². The molecule has 0 spiro atoms. The Bertz CT molecular complexity index is 499. The maximum absolute atomic E-state index is 10.2. The number of aliphatic hydroxyl groups excluding tert-OH is 1. The minimum atomic E-state index is -0.687. The fourth-order valence-corrected chi connectivity index (χ4v) is 2.41. The smallest absolute Gasteiger partial charge is 0.128 e. The first-order chi connectivity index (χ1) is 7.86. The second-order valence-corrected chi connectivity index (χ2v) is 4.47. The van der Waals surface area contributed by atoms with Crippen molar-refractivity contribution in [3.8, 4) is 5.75 Å². The first-order valence-electron chi connectivity index (χ1n) is 5.06. The summed E-state index contributed by atoms with van der Waals surface area (Å²) >= 11 is 1.20. The molecule has 1 aliphatic heterocycles. The van der Waals surface area contributed by atoms with Crippen molar-refractivity contribution in [3.63, 3.8) is 0 Å². The van der Waals surface area contributed by atoms with Gasteiger partial charge in [-0.05, 0) is 17.1 Å². The van der Waals surface area contributed by atoms with Crippen LogP contribution in [0.1, 0.15) is 22.1 Å². The van der Waals surface area contributed by atoms with Crippen LogP contribution in [0.2, 0.25) is 0 Å². The molecule has 4 nitrogen and oxygen atoms in total. The SMILES string of the molecule is OC(c1cnns1)c1cccc2c1OCC2. The van der Waals surface area contributed by atoms with E-state index in [-0.39, 0.29) is 0 Å². The van der Waals surface area contributed by atoms with E-state index in [1.807, 2.05) is 18.2 Å². The summed E-state index contributed by atoms with van der Waals surface area (Å²) in [5.41, 5.74) is 1.97. The van der Waals surface area contributed by atoms with Crippen LogP contribution in [0.25, 0.3) is 0 Å². The predicted octanol–water partition coefficient (Wildman–Crippen LogP) is 1.55. The minimum Gasteiger partial charge on any atom is -0.493 e. The third-order valence-electron chi connectivity index (χ3n) is 2.69. The molecule has 0 saturated carbocycles. The first kappa shape index (κ1) is 9.74. The predicted molar refractivity (Wildman–Crippen MR) is 59.6 cm³/mol. The summed E-state index contributed by atoms with van der Waals surface area (Å²) in [5, 5.41) is 13.9. The van der Waals surface area contributed by atoms with Crippen LogP contribution in [-0.2, 0) is 6.42 Å². The number of nitrogens with zero attached hydrogens (tertiary/aromatic N) is 2. The van der Waals surface area contributed by atoms with E-state index in [1.54, 1.807) is 6.20 Å². The summed E-state index contributed by atoms with van der Waals surface area (Å²) in [6, 6.07) is 5.86. The largest absolute Gasteiger partial charge is 0.493 e. The van der Waals surface area contributed by atoms with Crippen molar-refractivity contribution in [1.29, 1.82) is 0 Å². The molecule has 82 valence electrons. The quantitative estimate of drug-likeness (QED) is 0.856. The highest BCUT2D eigenvalue weighted by Crippen LogP contribution is 2.36. The molecule has 1 N–H and O–H groups in total. The fourth-order valence-electron chi connectivity index (χ4n) is 1.90. The summed E-state index contributed by atoms with van der Waals surface area (Å²) in [7, 11) is 0. The molecular formula is C11H10N2O2S. The molecule has 0 radical (unpaired) electrons. The van der Waals surface area contributed by atoms with Crippen LogP contribution < -0.4 is 4.74 Å². The van der Waals surface area contributed by atoms with Gasteiger partial charge in [0, 0.05) is 12.0 Å². The van der Waals surface area contributed by atoms with Crippen molar-refractivity contribution in [1.82, 2.24) is 9.59 Å². The Labute approximate surface area is 96.7 Å².